The fourth-order valence-electron chi connectivity index (χ4n) is 1.79. The van der Waals surface area contributed by atoms with Gasteiger partial charge in [-0.1, -0.05) is 17.3 Å². The van der Waals surface area contributed by atoms with Gasteiger partial charge < -0.3 is 15.7 Å². The lowest BCUT2D eigenvalue weighted by Gasteiger charge is -2.12. The molecule has 20 heavy (non-hydrogen) atoms. The Balaban J connectivity index is 2.43. The molecule has 0 bridgehead atoms. The molecule has 0 aliphatic heterocycles. The van der Waals surface area contributed by atoms with Gasteiger partial charge in [-0.2, -0.15) is 0 Å². The fraction of sp³-hybridized carbons (Fsp3) is 0.133. The Morgan fingerprint density at radius 1 is 1.20 bits per heavy atom. The van der Waals surface area contributed by atoms with Gasteiger partial charge in [0.2, 0.25) is 0 Å². The molecule has 3 N–H and O–H groups in total. The number of hydrogen-bond acceptors (Lipinski definition) is 3. The Bertz CT molecular complexity index is 669. The summed E-state index contributed by atoms with van der Waals surface area (Å²) in [5.74, 6) is 1.23. The van der Waals surface area contributed by atoms with Crippen LogP contribution in [-0.2, 0) is 0 Å². The van der Waals surface area contributed by atoms with Gasteiger partial charge in [0, 0.05) is 4.47 Å². The molecule has 104 valence electrons. The third kappa shape index (κ3) is 2.93. The number of hydrogen-bond donors (Lipinski definition) is 2. The second-order valence-electron chi connectivity index (χ2n) is 4.45. The highest BCUT2D eigenvalue weighted by atomic mass is 79.9. The summed E-state index contributed by atoms with van der Waals surface area (Å²) in [5.41, 5.74) is 8.55. The van der Waals surface area contributed by atoms with Crippen LogP contribution in [0.2, 0.25) is 0 Å². The van der Waals surface area contributed by atoms with E-state index in [2.05, 4.69) is 21.1 Å². The monoisotopic (exact) mass is 334 g/mol. The average Bonchev–Trinajstić information content (AvgIpc) is 2.42. The van der Waals surface area contributed by atoms with Crippen molar-refractivity contribution in [3.63, 3.8) is 0 Å². The van der Waals surface area contributed by atoms with Gasteiger partial charge in [0.1, 0.15) is 11.5 Å². The molecule has 0 aromatic heterocycles. The van der Waals surface area contributed by atoms with Crippen LogP contribution in [0.25, 0.3) is 0 Å². The van der Waals surface area contributed by atoms with Crippen molar-refractivity contribution in [3.8, 4) is 11.5 Å². The van der Waals surface area contributed by atoms with Crippen LogP contribution in [0.1, 0.15) is 16.7 Å². The standard InChI is InChI=1S/C15H15BrN2O2/c1-9-6-7-11(8-10(9)2)20-13-5-3-4-12(16)14(13)15(17)18-19/h3-8,19H,1-2H3,(H2,17,18). The number of nitrogens with two attached hydrogens (primary N) is 1. The van der Waals surface area contributed by atoms with Gasteiger partial charge in [0.05, 0.1) is 5.56 Å². The van der Waals surface area contributed by atoms with Crippen LogP contribution in [0.4, 0.5) is 0 Å². The number of benzene rings is 2. The van der Waals surface area contributed by atoms with Crippen LogP contribution in [0.5, 0.6) is 11.5 Å². The molecule has 0 heterocycles. The lowest BCUT2D eigenvalue weighted by molar-refractivity contribution is 0.318. The van der Waals surface area contributed by atoms with Gasteiger partial charge in [0.25, 0.3) is 0 Å². The number of ether oxygens (including phenoxy) is 1. The number of rotatable bonds is 3. The van der Waals surface area contributed by atoms with Gasteiger partial charge in [-0.05, 0) is 65.2 Å². The molecule has 0 saturated carbocycles. The van der Waals surface area contributed by atoms with E-state index >= 15 is 0 Å². The van der Waals surface area contributed by atoms with Crippen molar-refractivity contribution in [2.45, 2.75) is 13.8 Å². The molecule has 0 amide bonds. The Morgan fingerprint density at radius 2 is 1.95 bits per heavy atom. The first-order valence-corrected chi connectivity index (χ1v) is 6.83. The minimum absolute atomic E-state index is 0.00342. The zero-order chi connectivity index (χ0) is 14.7. The summed E-state index contributed by atoms with van der Waals surface area (Å²) >= 11 is 3.38. The van der Waals surface area contributed by atoms with Crippen LogP contribution in [0.15, 0.2) is 46.0 Å². The second-order valence-corrected chi connectivity index (χ2v) is 5.30. The quantitative estimate of drug-likeness (QED) is 0.386. The van der Waals surface area contributed by atoms with E-state index in [1.807, 2.05) is 38.1 Å². The fourth-order valence-corrected chi connectivity index (χ4v) is 2.34. The molecular weight excluding hydrogens is 320 g/mol. The number of oxime groups is 1. The molecule has 0 spiro atoms. The van der Waals surface area contributed by atoms with Crippen LogP contribution in [0, 0.1) is 13.8 Å². The van der Waals surface area contributed by atoms with Crippen molar-refractivity contribution >= 4 is 21.8 Å². The summed E-state index contributed by atoms with van der Waals surface area (Å²) in [6, 6.07) is 11.2. The molecule has 0 unspecified atom stereocenters. The Morgan fingerprint density at radius 3 is 2.60 bits per heavy atom. The van der Waals surface area contributed by atoms with E-state index in [1.54, 1.807) is 12.1 Å². The Labute approximate surface area is 126 Å². The van der Waals surface area contributed by atoms with Crippen LogP contribution in [-0.4, -0.2) is 11.0 Å². The third-order valence-corrected chi connectivity index (χ3v) is 3.71. The van der Waals surface area contributed by atoms with E-state index in [-0.39, 0.29) is 5.84 Å². The molecule has 4 nitrogen and oxygen atoms in total. The molecule has 0 atom stereocenters. The number of amidine groups is 1. The van der Waals surface area contributed by atoms with Crippen LogP contribution < -0.4 is 10.5 Å². The molecule has 2 aromatic rings. The predicted octanol–water partition coefficient (Wildman–Crippen LogP) is 3.95. The first-order valence-electron chi connectivity index (χ1n) is 6.04. The Kier molecular flexibility index (Phi) is 4.29. The summed E-state index contributed by atoms with van der Waals surface area (Å²) in [7, 11) is 0. The molecule has 0 saturated heterocycles. The zero-order valence-corrected chi connectivity index (χ0v) is 12.8. The van der Waals surface area contributed by atoms with E-state index in [4.69, 9.17) is 15.7 Å². The van der Waals surface area contributed by atoms with Gasteiger partial charge in [-0.3, -0.25) is 0 Å². The highest BCUT2D eigenvalue weighted by molar-refractivity contribution is 9.10. The highest BCUT2D eigenvalue weighted by Gasteiger charge is 2.13. The molecule has 2 aromatic carbocycles. The van der Waals surface area contributed by atoms with Crippen molar-refractivity contribution in [1.82, 2.24) is 0 Å². The number of aryl methyl sites for hydroxylation is 2. The zero-order valence-electron chi connectivity index (χ0n) is 11.2. The van der Waals surface area contributed by atoms with Gasteiger partial charge in [0.15, 0.2) is 5.84 Å². The minimum atomic E-state index is -0.00342. The second kappa shape index (κ2) is 5.96. The lowest BCUT2D eigenvalue weighted by Crippen LogP contribution is -2.15. The molecule has 2 rings (SSSR count). The SMILES string of the molecule is Cc1ccc(Oc2cccc(Br)c2/C(N)=N/O)cc1C. The van der Waals surface area contributed by atoms with Gasteiger partial charge in [-0.15, -0.1) is 0 Å². The summed E-state index contributed by atoms with van der Waals surface area (Å²) in [6.45, 7) is 4.06. The summed E-state index contributed by atoms with van der Waals surface area (Å²) in [5, 5.41) is 11.9. The third-order valence-electron chi connectivity index (χ3n) is 3.05. The van der Waals surface area contributed by atoms with Crippen molar-refractivity contribution in [2.75, 3.05) is 0 Å². The average molecular weight is 335 g/mol. The van der Waals surface area contributed by atoms with E-state index in [0.29, 0.717) is 21.5 Å². The van der Waals surface area contributed by atoms with Gasteiger partial charge in [-0.25, -0.2) is 0 Å². The Hall–Kier alpha value is -2.01. The predicted molar refractivity (Wildman–Crippen MR) is 82.6 cm³/mol. The molecular formula is C15H15BrN2O2. The topological polar surface area (TPSA) is 67.8 Å². The van der Waals surface area contributed by atoms with Crippen LogP contribution >= 0.6 is 15.9 Å². The minimum Gasteiger partial charge on any atom is -0.457 e. The maximum Gasteiger partial charge on any atom is 0.175 e. The highest BCUT2D eigenvalue weighted by Crippen LogP contribution is 2.31. The van der Waals surface area contributed by atoms with E-state index in [0.717, 1.165) is 5.56 Å². The molecule has 0 fully saturated rings. The summed E-state index contributed by atoms with van der Waals surface area (Å²) in [4.78, 5) is 0. The molecule has 0 radical (unpaired) electrons. The van der Waals surface area contributed by atoms with E-state index in [1.165, 1.54) is 5.56 Å². The van der Waals surface area contributed by atoms with Crippen molar-refractivity contribution < 1.29 is 9.94 Å². The van der Waals surface area contributed by atoms with E-state index in [9.17, 15) is 0 Å². The largest absolute Gasteiger partial charge is 0.457 e. The first kappa shape index (κ1) is 14.4. The molecule has 0 aliphatic rings. The van der Waals surface area contributed by atoms with Crippen LogP contribution in [0.3, 0.4) is 0 Å². The molecule has 5 heteroatoms. The first-order chi connectivity index (χ1) is 9.52. The van der Waals surface area contributed by atoms with Crippen molar-refractivity contribution in [1.29, 1.82) is 0 Å². The number of halogens is 1. The smallest absolute Gasteiger partial charge is 0.175 e. The lowest BCUT2D eigenvalue weighted by atomic mass is 10.1. The summed E-state index contributed by atoms with van der Waals surface area (Å²) < 4.78 is 6.55. The normalized spacial score (nSPS) is 11.4. The summed E-state index contributed by atoms with van der Waals surface area (Å²) in [6.07, 6.45) is 0. The van der Waals surface area contributed by atoms with Gasteiger partial charge >= 0.3 is 0 Å². The van der Waals surface area contributed by atoms with Crippen molar-refractivity contribution in [3.05, 3.63) is 57.6 Å². The molecule has 0 aliphatic carbocycles. The maximum absolute atomic E-state index is 8.87. The van der Waals surface area contributed by atoms with Crippen molar-refractivity contribution in [2.24, 2.45) is 10.9 Å². The van der Waals surface area contributed by atoms with E-state index < -0.39 is 0 Å². The number of nitrogens with zero attached hydrogens (tertiary/aromatic N) is 1. The maximum atomic E-state index is 8.87.